The minimum absolute atomic E-state index is 0.0237. The van der Waals surface area contributed by atoms with Crippen molar-refractivity contribution < 1.29 is 9.53 Å². The molecular weight excluding hydrogens is 376 g/mol. The zero-order chi connectivity index (χ0) is 19.8. The minimum atomic E-state index is -0.371. The lowest BCUT2D eigenvalue weighted by molar-refractivity contribution is 0.0601. The maximum absolute atomic E-state index is 11.8. The smallest absolute Gasteiger partial charge is 0.337 e. The lowest BCUT2D eigenvalue weighted by Gasteiger charge is -2.23. The number of fused-ring (bicyclic) bond motifs is 2. The molecule has 0 aliphatic rings. The van der Waals surface area contributed by atoms with Gasteiger partial charge in [-0.25, -0.2) is 9.78 Å². The van der Waals surface area contributed by atoms with Crippen LogP contribution in [0.15, 0.2) is 42.9 Å². The van der Waals surface area contributed by atoms with Gasteiger partial charge in [-0.05, 0) is 42.7 Å². The van der Waals surface area contributed by atoms with Crippen LogP contribution in [0, 0.1) is 5.92 Å². The summed E-state index contributed by atoms with van der Waals surface area (Å²) < 4.78 is 6.96. The van der Waals surface area contributed by atoms with Crippen LogP contribution in [0.3, 0.4) is 0 Å². The first-order chi connectivity index (χ1) is 13.5. The maximum Gasteiger partial charge on any atom is 0.337 e. The molecule has 2 aromatic carbocycles. The monoisotopic (exact) mass is 396 g/mol. The number of aromatic amines is 1. The Hall–Kier alpha value is -2.86. The highest BCUT2D eigenvalue weighted by Crippen LogP contribution is 2.35. The number of methoxy groups -OCH3 is 1. The van der Waals surface area contributed by atoms with Crippen LogP contribution in [0.1, 0.15) is 42.2 Å². The lowest BCUT2D eigenvalue weighted by atomic mass is 9.95. The second-order valence-corrected chi connectivity index (χ2v) is 7.76. The van der Waals surface area contributed by atoms with Crippen LogP contribution in [0.25, 0.3) is 21.9 Å². The van der Waals surface area contributed by atoms with Crippen molar-refractivity contribution in [3.63, 3.8) is 0 Å². The summed E-state index contributed by atoms with van der Waals surface area (Å²) in [6, 6.07) is 9.36. The Labute approximate surface area is 167 Å². The number of carbonyl (C=O) groups is 1. The molecule has 0 saturated carbocycles. The molecule has 1 atom stereocenters. The van der Waals surface area contributed by atoms with Gasteiger partial charge < -0.3 is 9.30 Å². The number of H-pyrrole nitrogens is 1. The summed E-state index contributed by atoms with van der Waals surface area (Å²) in [4.78, 5) is 16.4. The van der Waals surface area contributed by atoms with Crippen molar-refractivity contribution in [3.05, 3.63) is 59.0 Å². The number of hydrogen-bond acceptors (Lipinski definition) is 4. The highest BCUT2D eigenvalue weighted by Gasteiger charge is 2.22. The van der Waals surface area contributed by atoms with Crippen molar-refractivity contribution in [2.24, 2.45) is 5.92 Å². The molecule has 0 bridgehead atoms. The Morgan fingerprint density at radius 1 is 1.29 bits per heavy atom. The van der Waals surface area contributed by atoms with E-state index in [0.717, 1.165) is 33.9 Å². The summed E-state index contributed by atoms with van der Waals surface area (Å²) >= 11 is 6.39. The van der Waals surface area contributed by atoms with E-state index in [2.05, 4.69) is 33.6 Å². The third-order valence-electron chi connectivity index (χ3n) is 4.93. The fourth-order valence-corrected chi connectivity index (χ4v) is 3.91. The van der Waals surface area contributed by atoms with Crippen molar-refractivity contribution in [2.75, 3.05) is 7.11 Å². The molecule has 6 nitrogen and oxygen atoms in total. The summed E-state index contributed by atoms with van der Waals surface area (Å²) in [6.07, 6.45) is 4.51. The van der Waals surface area contributed by atoms with Gasteiger partial charge in [0.05, 0.1) is 47.8 Å². The zero-order valence-electron chi connectivity index (χ0n) is 15.9. The highest BCUT2D eigenvalue weighted by atomic mass is 35.5. The number of aromatic nitrogens is 4. The summed E-state index contributed by atoms with van der Waals surface area (Å²) in [5.74, 6) is 0.0814. The van der Waals surface area contributed by atoms with Crippen LogP contribution in [-0.4, -0.2) is 32.8 Å². The molecule has 1 N–H and O–H groups in total. The second kappa shape index (κ2) is 7.28. The third-order valence-corrected chi connectivity index (χ3v) is 5.15. The van der Waals surface area contributed by atoms with Gasteiger partial charge in [0, 0.05) is 16.0 Å². The first-order valence-corrected chi connectivity index (χ1v) is 9.53. The number of imidazole rings is 1. The van der Waals surface area contributed by atoms with Crippen LogP contribution in [0.5, 0.6) is 0 Å². The second-order valence-electron chi connectivity index (χ2n) is 7.32. The fraction of sp³-hybridized carbons (Fsp3) is 0.286. The van der Waals surface area contributed by atoms with Gasteiger partial charge in [0.1, 0.15) is 0 Å². The molecule has 1 unspecified atom stereocenters. The SMILES string of the molecule is COC(=O)c1ccc2c(c1)ncn2C(CC(C)C)c1cc(Cl)cc2cn[nH]c12. The van der Waals surface area contributed by atoms with E-state index in [1.165, 1.54) is 7.11 Å². The standard InChI is InChI=1S/C21H21ClN4O2/c1-12(2)6-19(16-9-15(22)7-14-10-24-25-20(14)16)26-11-23-17-8-13(21(27)28-3)4-5-18(17)26/h4-5,7-12,19H,6H2,1-3H3,(H,24,25). The molecule has 0 aliphatic carbocycles. The first-order valence-electron chi connectivity index (χ1n) is 9.15. The van der Waals surface area contributed by atoms with Crippen LogP contribution >= 0.6 is 11.6 Å². The number of carbonyl (C=O) groups excluding carboxylic acids is 1. The highest BCUT2D eigenvalue weighted by molar-refractivity contribution is 6.31. The zero-order valence-corrected chi connectivity index (χ0v) is 16.7. The average Bonchev–Trinajstić information content (AvgIpc) is 3.30. The Morgan fingerprint density at radius 2 is 2.11 bits per heavy atom. The first kappa shape index (κ1) is 18.5. The molecule has 4 aromatic rings. The van der Waals surface area contributed by atoms with Gasteiger partial charge in [0.2, 0.25) is 0 Å². The Bertz CT molecular complexity index is 1160. The molecular formula is C21H21ClN4O2. The van der Waals surface area contributed by atoms with E-state index in [4.69, 9.17) is 16.3 Å². The average molecular weight is 397 g/mol. The van der Waals surface area contributed by atoms with Gasteiger partial charge in [0.15, 0.2) is 0 Å². The van der Waals surface area contributed by atoms with Gasteiger partial charge in [0.25, 0.3) is 0 Å². The van der Waals surface area contributed by atoms with Crippen molar-refractivity contribution >= 4 is 39.5 Å². The van der Waals surface area contributed by atoms with E-state index in [1.807, 2.05) is 24.5 Å². The number of ether oxygens (including phenoxy) is 1. The minimum Gasteiger partial charge on any atom is -0.465 e. The number of halogens is 1. The lowest BCUT2D eigenvalue weighted by Crippen LogP contribution is -2.13. The van der Waals surface area contributed by atoms with Crippen LogP contribution in [0.4, 0.5) is 0 Å². The van der Waals surface area contributed by atoms with E-state index in [9.17, 15) is 4.79 Å². The van der Waals surface area contributed by atoms with E-state index in [1.54, 1.807) is 18.3 Å². The summed E-state index contributed by atoms with van der Waals surface area (Å²) in [5, 5.41) is 8.95. The molecule has 2 heterocycles. The summed E-state index contributed by atoms with van der Waals surface area (Å²) in [5.41, 5.74) is 4.23. The van der Waals surface area contributed by atoms with E-state index in [0.29, 0.717) is 16.5 Å². The molecule has 0 saturated heterocycles. The van der Waals surface area contributed by atoms with Gasteiger partial charge in [-0.1, -0.05) is 25.4 Å². The van der Waals surface area contributed by atoms with Crippen LogP contribution in [-0.2, 0) is 4.74 Å². The Morgan fingerprint density at radius 3 is 2.86 bits per heavy atom. The van der Waals surface area contributed by atoms with Crippen molar-refractivity contribution in [2.45, 2.75) is 26.3 Å². The van der Waals surface area contributed by atoms with Gasteiger partial charge in [-0.2, -0.15) is 5.10 Å². The predicted molar refractivity (Wildman–Crippen MR) is 110 cm³/mol. The Balaban J connectivity index is 1.88. The van der Waals surface area contributed by atoms with Crippen LogP contribution in [0.2, 0.25) is 5.02 Å². The number of benzene rings is 2. The largest absolute Gasteiger partial charge is 0.465 e. The molecule has 144 valence electrons. The number of hydrogen-bond donors (Lipinski definition) is 1. The van der Waals surface area contributed by atoms with Gasteiger partial charge in [-0.3, -0.25) is 5.10 Å². The summed E-state index contributed by atoms with van der Waals surface area (Å²) in [7, 11) is 1.37. The molecule has 0 aliphatic heterocycles. The van der Waals surface area contributed by atoms with E-state index in [-0.39, 0.29) is 12.0 Å². The maximum atomic E-state index is 11.8. The predicted octanol–water partition coefficient (Wildman–Crippen LogP) is 4.99. The number of nitrogens with zero attached hydrogens (tertiary/aromatic N) is 3. The normalized spacial score (nSPS) is 12.8. The van der Waals surface area contributed by atoms with Crippen molar-refractivity contribution in [1.82, 2.24) is 19.7 Å². The number of rotatable bonds is 5. The fourth-order valence-electron chi connectivity index (χ4n) is 3.67. The topological polar surface area (TPSA) is 72.8 Å². The van der Waals surface area contributed by atoms with Gasteiger partial charge >= 0.3 is 5.97 Å². The molecule has 7 heteroatoms. The number of esters is 1. The van der Waals surface area contributed by atoms with Crippen LogP contribution < -0.4 is 0 Å². The molecule has 4 rings (SSSR count). The quantitative estimate of drug-likeness (QED) is 0.482. The molecule has 0 fully saturated rings. The van der Waals surface area contributed by atoms with Crippen molar-refractivity contribution in [3.8, 4) is 0 Å². The molecule has 0 radical (unpaired) electrons. The Kier molecular flexibility index (Phi) is 4.81. The molecule has 28 heavy (non-hydrogen) atoms. The molecule has 0 spiro atoms. The molecule has 2 aromatic heterocycles. The van der Waals surface area contributed by atoms with E-state index < -0.39 is 0 Å². The van der Waals surface area contributed by atoms with Crippen molar-refractivity contribution in [1.29, 1.82) is 0 Å². The third kappa shape index (κ3) is 3.24. The molecule has 0 amide bonds. The number of nitrogens with one attached hydrogen (secondary N) is 1. The summed E-state index contributed by atoms with van der Waals surface area (Å²) in [6.45, 7) is 4.38. The van der Waals surface area contributed by atoms with E-state index >= 15 is 0 Å². The van der Waals surface area contributed by atoms with Gasteiger partial charge in [-0.15, -0.1) is 0 Å².